The highest BCUT2D eigenvalue weighted by Gasteiger charge is 2.20. The SMILES string of the molecule is Cc1c(C(=O)O)cccc1-n1c(=O)n(Cc2ccccc2)c(=O)c2[nH]cnc21. The number of carboxylic acids is 1. The number of hydrogen-bond acceptors (Lipinski definition) is 4. The van der Waals surface area contributed by atoms with Gasteiger partial charge in [0.05, 0.1) is 24.1 Å². The van der Waals surface area contributed by atoms with Crippen LogP contribution in [0, 0.1) is 6.92 Å². The second kappa shape index (κ2) is 6.66. The third-order valence-corrected chi connectivity index (χ3v) is 4.67. The van der Waals surface area contributed by atoms with E-state index in [1.54, 1.807) is 19.1 Å². The molecule has 0 aliphatic rings. The summed E-state index contributed by atoms with van der Waals surface area (Å²) in [5.74, 6) is -1.09. The molecule has 0 radical (unpaired) electrons. The molecule has 4 aromatic rings. The van der Waals surface area contributed by atoms with Crippen LogP contribution >= 0.6 is 0 Å². The molecule has 0 bridgehead atoms. The Morgan fingerprint density at radius 2 is 1.86 bits per heavy atom. The number of nitrogens with zero attached hydrogens (tertiary/aromatic N) is 3. The third-order valence-electron chi connectivity index (χ3n) is 4.67. The molecule has 0 unspecified atom stereocenters. The van der Waals surface area contributed by atoms with Crippen molar-refractivity contribution in [1.82, 2.24) is 19.1 Å². The summed E-state index contributed by atoms with van der Waals surface area (Å²) in [6.45, 7) is 1.71. The largest absolute Gasteiger partial charge is 0.478 e. The smallest absolute Gasteiger partial charge is 0.337 e. The molecule has 0 fully saturated rings. The highest BCUT2D eigenvalue weighted by atomic mass is 16.4. The van der Waals surface area contributed by atoms with Crippen molar-refractivity contribution in [3.8, 4) is 5.69 Å². The van der Waals surface area contributed by atoms with E-state index in [4.69, 9.17) is 0 Å². The van der Waals surface area contributed by atoms with Crippen molar-refractivity contribution in [2.45, 2.75) is 13.5 Å². The fourth-order valence-corrected chi connectivity index (χ4v) is 3.27. The Kier molecular flexibility index (Phi) is 4.15. The molecular formula is C20H16N4O4. The summed E-state index contributed by atoms with van der Waals surface area (Å²) in [6, 6.07) is 13.8. The van der Waals surface area contributed by atoms with Crippen LogP contribution in [-0.2, 0) is 6.54 Å². The number of carboxylic acid groups (broad SMARTS) is 1. The van der Waals surface area contributed by atoms with Gasteiger partial charge in [0.25, 0.3) is 5.56 Å². The molecule has 2 aromatic heterocycles. The highest BCUT2D eigenvalue weighted by molar-refractivity contribution is 5.90. The van der Waals surface area contributed by atoms with Gasteiger partial charge in [-0.2, -0.15) is 0 Å². The number of fused-ring (bicyclic) bond motifs is 1. The Hall–Kier alpha value is -3.94. The number of imidazole rings is 1. The lowest BCUT2D eigenvalue weighted by Crippen LogP contribution is -2.40. The van der Waals surface area contributed by atoms with Gasteiger partial charge in [-0.3, -0.25) is 9.36 Å². The molecule has 0 spiro atoms. The molecule has 0 amide bonds. The fourth-order valence-electron chi connectivity index (χ4n) is 3.27. The molecule has 4 rings (SSSR count). The first kappa shape index (κ1) is 17.5. The summed E-state index contributed by atoms with van der Waals surface area (Å²) >= 11 is 0. The monoisotopic (exact) mass is 376 g/mol. The van der Waals surface area contributed by atoms with Crippen LogP contribution in [0.3, 0.4) is 0 Å². The predicted molar refractivity (Wildman–Crippen MR) is 103 cm³/mol. The second-order valence-corrected chi connectivity index (χ2v) is 6.35. The van der Waals surface area contributed by atoms with Crippen LogP contribution in [0.25, 0.3) is 16.9 Å². The van der Waals surface area contributed by atoms with Gasteiger partial charge in [-0.25, -0.2) is 19.1 Å². The lowest BCUT2D eigenvalue weighted by atomic mass is 10.1. The maximum Gasteiger partial charge on any atom is 0.337 e. The van der Waals surface area contributed by atoms with Crippen molar-refractivity contribution >= 4 is 17.1 Å². The Morgan fingerprint density at radius 3 is 2.57 bits per heavy atom. The van der Waals surface area contributed by atoms with E-state index in [9.17, 15) is 19.5 Å². The molecule has 0 saturated heterocycles. The lowest BCUT2D eigenvalue weighted by Gasteiger charge is -2.14. The molecular weight excluding hydrogens is 360 g/mol. The zero-order chi connectivity index (χ0) is 19.8. The fraction of sp³-hybridized carbons (Fsp3) is 0.100. The molecule has 140 valence electrons. The molecule has 8 heteroatoms. The van der Waals surface area contributed by atoms with E-state index in [1.165, 1.54) is 17.0 Å². The molecule has 2 aromatic carbocycles. The normalized spacial score (nSPS) is 11.0. The van der Waals surface area contributed by atoms with Gasteiger partial charge >= 0.3 is 11.7 Å². The minimum Gasteiger partial charge on any atom is -0.478 e. The molecule has 0 aliphatic heterocycles. The zero-order valence-electron chi connectivity index (χ0n) is 14.9. The van der Waals surface area contributed by atoms with Crippen molar-refractivity contribution in [2.24, 2.45) is 0 Å². The van der Waals surface area contributed by atoms with Crippen LogP contribution in [0.1, 0.15) is 21.5 Å². The Labute approximate surface area is 158 Å². The Balaban J connectivity index is 2.04. The van der Waals surface area contributed by atoms with E-state index >= 15 is 0 Å². The topological polar surface area (TPSA) is 110 Å². The number of carbonyl (C=O) groups is 1. The maximum absolute atomic E-state index is 13.3. The zero-order valence-corrected chi connectivity index (χ0v) is 14.9. The molecule has 2 heterocycles. The molecule has 0 atom stereocenters. The Bertz CT molecular complexity index is 1320. The number of benzene rings is 2. The van der Waals surface area contributed by atoms with E-state index in [-0.39, 0.29) is 23.3 Å². The summed E-state index contributed by atoms with van der Waals surface area (Å²) in [6.07, 6.45) is 1.34. The molecule has 28 heavy (non-hydrogen) atoms. The average molecular weight is 376 g/mol. The number of aromatic nitrogens is 4. The summed E-state index contributed by atoms with van der Waals surface area (Å²) < 4.78 is 2.39. The summed E-state index contributed by atoms with van der Waals surface area (Å²) in [7, 11) is 0. The molecule has 0 aliphatic carbocycles. The van der Waals surface area contributed by atoms with E-state index in [2.05, 4.69) is 9.97 Å². The minimum atomic E-state index is -1.09. The number of H-pyrrole nitrogens is 1. The van der Waals surface area contributed by atoms with Crippen LogP contribution in [0.5, 0.6) is 0 Å². The Morgan fingerprint density at radius 1 is 1.11 bits per heavy atom. The molecule has 2 N–H and O–H groups in total. The van der Waals surface area contributed by atoms with Gasteiger partial charge in [0.15, 0.2) is 5.65 Å². The second-order valence-electron chi connectivity index (χ2n) is 6.35. The summed E-state index contributed by atoms with van der Waals surface area (Å²) in [4.78, 5) is 44.5. The van der Waals surface area contributed by atoms with E-state index < -0.39 is 17.2 Å². The lowest BCUT2D eigenvalue weighted by molar-refractivity contribution is 0.0696. The van der Waals surface area contributed by atoms with Gasteiger partial charge in [-0.15, -0.1) is 0 Å². The quantitative estimate of drug-likeness (QED) is 0.565. The number of rotatable bonds is 4. The van der Waals surface area contributed by atoms with Crippen LogP contribution in [-0.4, -0.2) is 30.2 Å². The molecule has 8 nitrogen and oxygen atoms in total. The van der Waals surface area contributed by atoms with Gasteiger partial charge in [0, 0.05) is 0 Å². The number of aromatic amines is 1. The number of nitrogens with one attached hydrogen (secondary N) is 1. The summed E-state index contributed by atoms with van der Waals surface area (Å²) in [5.41, 5.74) is 0.913. The van der Waals surface area contributed by atoms with Crippen molar-refractivity contribution in [1.29, 1.82) is 0 Å². The van der Waals surface area contributed by atoms with Gasteiger partial charge in [-0.1, -0.05) is 36.4 Å². The van der Waals surface area contributed by atoms with Crippen LogP contribution in [0.15, 0.2) is 64.4 Å². The van der Waals surface area contributed by atoms with Crippen LogP contribution < -0.4 is 11.2 Å². The standard InChI is InChI=1S/C20H16N4O4/c1-12-14(19(26)27)8-5-9-15(12)24-17-16(21-11-22-17)18(25)23(20(24)28)10-13-6-3-2-4-7-13/h2-9,11H,10H2,1H3,(H,21,22)(H,26,27). The average Bonchev–Trinajstić information content (AvgIpc) is 3.17. The van der Waals surface area contributed by atoms with E-state index in [0.717, 1.165) is 10.1 Å². The minimum absolute atomic E-state index is 0.0777. The first-order valence-corrected chi connectivity index (χ1v) is 8.55. The van der Waals surface area contributed by atoms with E-state index in [1.807, 2.05) is 30.3 Å². The van der Waals surface area contributed by atoms with Gasteiger partial charge in [0.1, 0.15) is 5.52 Å². The first-order valence-electron chi connectivity index (χ1n) is 8.55. The highest BCUT2D eigenvalue weighted by Crippen LogP contribution is 2.19. The summed E-state index contributed by atoms with van der Waals surface area (Å²) in [5, 5.41) is 9.41. The van der Waals surface area contributed by atoms with Crippen LogP contribution in [0.4, 0.5) is 0 Å². The number of aromatic carboxylic acids is 1. The van der Waals surface area contributed by atoms with Gasteiger partial charge in [0.2, 0.25) is 0 Å². The third kappa shape index (κ3) is 2.71. The van der Waals surface area contributed by atoms with E-state index in [0.29, 0.717) is 11.3 Å². The van der Waals surface area contributed by atoms with Crippen molar-refractivity contribution in [3.63, 3.8) is 0 Å². The van der Waals surface area contributed by atoms with Crippen molar-refractivity contribution in [3.05, 3.63) is 92.4 Å². The van der Waals surface area contributed by atoms with Gasteiger partial charge in [-0.05, 0) is 30.2 Å². The van der Waals surface area contributed by atoms with Crippen molar-refractivity contribution < 1.29 is 9.90 Å². The number of hydrogen-bond donors (Lipinski definition) is 2. The first-order chi connectivity index (χ1) is 13.5. The van der Waals surface area contributed by atoms with Crippen LogP contribution in [0.2, 0.25) is 0 Å². The van der Waals surface area contributed by atoms with Crippen molar-refractivity contribution in [2.75, 3.05) is 0 Å². The van der Waals surface area contributed by atoms with Gasteiger partial charge < -0.3 is 10.1 Å². The maximum atomic E-state index is 13.3. The molecule has 0 saturated carbocycles. The predicted octanol–water partition coefficient (Wildman–Crippen LogP) is 1.93.